The predicted molar refractivity (Wildman–Crippen MR) is 62.5 cm³/mol. The average molecular weight is 196 g/mol. The van der Waals surface area contributed by atoms with Crippen molar-refractivity contribution in [3.8, 4) is 0 Å². The Labute approximate surface area is 88.4 Å². The topological polar surface area (TPSA) is 15.3 Å². The van der Waals surface area contributed by atoms with Crippen LogP contribution in [0.3, 0.4) is 0 Å². The lowest BCUT2D eigenvalue weighted by atomic mass is 10.0. The quantitative estimate of drug-likeness (QED) is 0.691. The van der Waals surface area contributed by atoms with Crippen molar-refractivity contribution in [2.45, 2.75) is 33.2 Å². The van der Waals surface area contributed by atoms with Crippen molar-refractivity contribution < 1.29 is 0 Å². The lowest BCUT2D eigenvalue weighted by Gasteiger charge is -2.38. The molecule has 1 saturated heterocycles. The third-order valence-corrected chi connectivity index (χ3v) is 2.99. The van der Waals surface area contributed by atoms with E-state index in [0.717, 1.165) is 25.0 Å². The number of hydrogen-bond donors (Lipinski definition) is 1. The first-order chi connectivity index (χ1) is 6.75. The van der Waals surface area contributed by atoms with E-state index in [0.29, 0.717) is 0 Å². The van der Waals surface area contributed by atoms with Gasteiger partial charge in [-0.1, -0.05) is 26.0 Å². The van der Waals surface area contributed by atoms with Gasteiger partial charge in [0.15, 0.2) is 0 Å². The molecule has 14 heavy (non-hydrogen) atoms. The van der Waals surface area contributed by atoms with Gasteiger partial charge in [0.25, 0.3) is 0 Å². The summed E-state index contributed by atoms with van der Waals surface area (Å²) < 4.78 is 0. The molecule has 1 atom stereocenters. The van der Waals surface area contributed by atoms with Crippen LogP contribution in [0, 0.1) is 5.92 Å². The number of hydrogen-bond acceptors (Lipinski definition) is 2. The van der Waals surface area contributed by atoms with E-state index in [1.165, 1.54) is 19.5 Å². The van der Waals surface area contributed by atoms with Gasteiger partial charge in [0, 0.05) is 32.2 Å². The lowest BCUT2D eigenvalue weighted by Crippen LogP contribution is -2.53. The van der Waals surface area contributed by atoms with Gasteiger partial charge in [-0.15, -0.1) is 0 Å². The maximum atomic E-state index is 3.48. The van der Waals surface area contributed by atoms with E-state index in [-0.39, 0.29) is 0 Å². The van der Waals surface area contributed by atoms with Crippen molar-refractivity contribution in [2.24, 2.45) is 5.92 Å². The van der Waals surface area contributed by atoms with E-state index in [1.54, 1.807) is 0 Å². The van der Waals surface area contributed by atoms with E-state index >= 15 is 0 Å². The molecule has 1 rings (SSSR count). The van der Waals surface area contributed by atoms with Crippen LogP contribution in [0.4, 0.5) is 0 Å². The van der Waals surface area contributed by atoms with Gasteiger partial charge < -0.3 is 5.32 Å². The Balaban J connectivity index is 2.37. The number of nitrogens with one attached hydrogen (secondary N) is 1. The van der Waals surface area contributed by atoms with Crippen LogP contribution in [0.1, 0.15) is 27.2 Å². The monoisotopic (exact) mass is 196 g/mol. The molecule has 0 spiro atoms. The highest BCUT2D eigenvalue weighted by molar-refractivity contribution is 4.85. The van der Waals surface area contributed by atoms with E-state index in [9.17, 15) is 0 Å². The summed E-state index contributed by atoms with van der Waals surface area (Å²) in [4.78, 5) is 2.63. The number of rotatable bonds is 4. The van der Waals surface area contributed by atoms with Gasteiger partial charge in [0.2, 0.25) is 0 Å². The first-order valence-corrected chi connectivity index (χ1v) is 5.81. The summed E-state index contributed by atoms with van der Waals surface area (Å²) in [6, 6.07) is 0.731. The van der Waals surface area contributed by atoms with Gasteiger partial charge in [0.1, 0.15) is 0 Å². The molecule has 0 bridgehead atoms. The molecular formula is C12H24N2. The van der Waals surface area contributed by atoms with Crippen molar-refractivity contribution in [3.63, 3.8) is 0 Å². The molecule has 0 aromatic heterocycles. The third kappa shape index (κ3) is 3.43. The van der Waals surface area contributed by atoms with Gasteiger partial charge in [0.05, 0.1) is 0 Å². The molecule has 0 aromatic rings. The number of piperazine rings is 1. The zero-order chi connectivity index (χ0) is 10.4. The van der Waals surface area contributed by atoms with E-state index in [2.05, 4.69) is 43.1 Å². The highest BCUT2D eigenvalue weighted by Gasteiger charge is 2.23. The molecule has 2 heteroatoms. The Morgan fingerprint density at radius 3 is 2.93 bits per heavy atom. The van der Waals surface area contributed by atoms with Crippen molar-refractivity contribution in [1.29, 1.82) is 0 Å². The second-order valence-corrected chi connectivity index (χ2v) is 4.41. The molecule has 1 aliphatic rings. The van der Waals surface area contributed by atoms with E-state index in [1.807, 2.05) is 0 Å². The highest BCUT2D eigenvalue weighted by atomic mass is 15.2. The van der Waals surface area contributed by atoms with Crippen molar-refractivity contribution >= 4 is 0 Å². The maximum Gasteiger partial charge on any atom is 0.0244 e. The molecule has 82 valence electrons. The highest BCUT2D eigenvalue weighted by Crippen LogP contribution is 2.13. The number of nitrogens with zero attached hydrogens (tertiary/aromatic N) is 1. The zero-order valence-corrected chi connectivity index (χ0v) is 9.79. The Morgan fingerprint density at radius 1 is 1.50 bits per heavy atom. The molecule has 0 saturated carbocycles. The molecular weight excluding hydrogens is 172 g/mol. The van der Waals surface area contributed by atoms with E-state index < -0.39 is 0 Å². The fourth-order valence-electron chi connectivity index (χ4n) is 2.11. The summed E-state index contributed by atoms with van der Waals surface area (Å²) in [5.41, 5.74) is 0. The molecule has 0 radical (unpaired) electrons. The Morgan fingerprint density at radius 2 is 2.29 bits per heavy atom. The summed E-state index contributed by atoms with van der Waals surface area (Å²) in [6.07, 6.45) is 5.60. The first-order valence-electron chi connectivity index (χ1n) is 5.81. The van der Waals surface area contributed by atoms with E-state index in [4.69, 9.17) is 0 Å². The van der Waals surface area contributed by atoms with Crippen LogP contribution >= 0.6 is 0 Å². The van der Waals surface area contributed by atoms with Crippen LogP contribution in [0.2, 0.25) is 0 Å². The fourth-order valence-corrected chi connectivity index (χ4v) is 2.11. The Kier molecular flexibility index (Phi) is 5.20. The molecule has 0 amide bonds. The second-order valence-electron chi connectivity index (χ2n) is 4.41. The summed E-state index contributed by atoms with van der Waals surface area (Å²) in [7, 11) is 0. The van der Waals surface area contributed by atoms with Gasteiger partial charge in [-0.25, -0.2) is 0 Å². The zero-order valence-electron chi connectivity index (χ0n) is 9.79. The van der Waals surface area contributed by atoms with Crippen molar-refractivity contribution in [1.82, 2.24) is 10.2 Å². The molecule has 1 N–H and O–H groups in total. The molecule has 1 aliphatic heterocycles. The summed E-state index contributed by atoms with van der Waals surface area (Å²) in [6.45, 7) is 11.5. The normalized spacial score (nSPS) is 25.0. The summed E-state index contributed by atoms with van der Waals surface area (Å²) in [5, 5.41) is 3.48. The van der Waals surface area contributed by atoms with Gasteiger partial charge >= 0.3 is 0 Å². The Bertz CT molecular complexity index is 175. The lowest BCUT2D eigenvalue weighted by molar-refractivity contribution is 0.127. The molecule has 0 aliphatic carbocycles. The van der Waals surface area contributed by atoms with Gasteiger partial charge in [-0.05, 0) is 19.3 Å². The minimum atomic E-state index is 0.731. The van der Waals surface area contributed by atoms with Crippen LogP contribution in [-0.4, -0.2) is 37.1 Å². The predicted octanol–water partition coefficient (Wildman–Crippen LogP) is 1.88. The number of allylic oxidation sites excluding steroid dienone is 1. The van der Waals surface area contributed by atoms with Gasteiger partial charge in [-0.3, -0.25) is 4.90 Å². The summed E-state index contributed by atoms with van der Waals surface area (Å²) >= 11 is 0. The molecule has 2 nitrogen and oxygen atoms in total. The van der Waals surface area contributed by atoms with Crippen LogP contribution in [-0.2, 0) is 0 Å². The SMILES string of the molecule is C/C=C/CCN1CCNCC1C(C)C. The minimum Gasteiger partial charge on any atom is -0.314 e. The molecule has 1 heterocycles. The molecule has 1 fully saturated rings. The largest absolute Gasteiger partial charge is 0.314 e. The van der Waals surface area contributed by atoms with Crippen molar-refractivity contribution in [3.05, 3.63) is 12.2 Å². The fraction of sp³-hybridized carbons (Fsp3) is 0.833. The van der Waals surface area contributed by atoms with Crippen molar-refractivity contribution in [2.75, 3.05) is 26.2 Å². The summed E-state index contributed by atoms with van der Waals surface area (Å²) in [5.74, 6) is 0.758. The Hall–Kier alpha value is -0.340. The van der Waals surface area contributed by atoms with Crippen LogP contribution in [0.25, 0.3) is 0 Å². The smallest absolute Gasteiger partial charge is 0.0244 e. The average Bonchev–Trinajstić information content (AvgIpc) is 2.19. The minimum absolute atomic E-state index is 0.731. The van der Waals surface area contributed by atoms with Crippen LogP contribution < -0.4 is 5.32 Å². The van der Waals surface area contributed by atoms with Crippen LogP contribution in [0.5, 0.6) is 0 Å². The second kappa shape index (κ2) is 6.20. The third-order valence-electron chi connectivity index (χ3n) is 2.99. The van der Waals surface area contributed by atoms with Crippen LogP contribution in [0.15, 0.2) is 12.2 Å². The standard InChI is InChI=1S/C12H24N2/c1-4-5-6-8-14-9-7-13-10-12(14)11(2)3/h4-5,11-13H,6-10H2,1-3H3/b5-4+. The maximum absolute atomic E-state index is 3.48. The van der Waals surface area contributed by atoms with Gasteiger partial charge in [-0.2, -0.15) is 0 Å². The molecule has 1 unspecified atom stereocenters. The molecule has 0 aromatic carbocycles. The first kappa shape index (κ1) is 11.7.